The van der Waals surface area contributed by atoms with E-state index in [9.17, 15) is 4.79 Å². The molecule has 0 saturated heterocycles. The maximum Gasteiger partial charge on any atom is 0.179 e. The molecule has 1 atom stereocenters. The summed E-state index contributed by atoms with van der Waals surface area (Å²) >= 11 is 0. The fourth-order valence-electron chi connectivity index (χ4n) is 0.601. The van der Waals surface area contributed by atoms with Crippen molar-refractivity contribution < 1.29 is 11.6 Å². The summed E-state index contributed by atoms with van der Waals surface area (Å²) in [5.41, 5.74) is 5.01. The van der Waals surface area contributed by atoms with E-state index in [0.29, 0.717) is 0 Å². The summed E-state index contributed by atoms with van der Waals surface area (Å²) in [6, 6.07) is -3.48. The Hall–Kier alpha value is -0.860. The van der Waals surface area contributed by atoms with Gasteiger partial charge in [0.05, 0.1) is 12.9 Å². The zero-order chi connectivity index (χ0) is 12.6. The van der Waals surface area contributed by atoms with Crippen molar-refractivity contribution in [2.24, 2.45) is 5.73 Å². The molecule has 66 valence electrons. The van der Waals surface area contributed by atoms with Crippen LogP contribution in [0.4, 0.5) is 0 Å². The van der Waals surface area contributed by atoms with Crippen LogP contribution in [0.2, 0.25) is 0 Å². The van der Waals surface area contributed by atoms with Gasteiger partial charge < -0.3 is 5.73 Å². The standard InChI is InChI=1S/C9H11NO.ClH/c1-7(10)9(11)8-5-3-2-4-6-8;/h2-7H,10H2,1H3;1H/i2D,3D,4D,5D,6D;. The number of carbonyl (C=O) groups excluding carboxylic acids is 1. The second kappa shape index (κ2) is 4.91. The van der Waals surface area contributed by atoms with Crippen molar-refractivity contribution in [3.05, 3.63) is 35.8 Å². The lowest BCUT2D eigenvalue weighted by molar-refractivity contribution is 0.0968. The lowest BCUT2D eigenvalue weighted by Gasteiger charge is -2.02. The number of benzene rings is 1. The first-order chi connectivity index (χ1) is 7.29. The van der Waals surface area contributed by atoms with Gasteiger partial charge in [-0.15, -0.1) is 12.4 Å². The zero-order valence-electron chi connectivity index (χ0n) is 11.5. The molecular formula is C9H12ClNO. The van der Waals surface area contributed by atoms with Crippen molar-refractivity contribution in [2.45, 2.75) is 13.0 Å². The maximum atomic E-state index is 11.6. The van der Waals surface area contributed by atoms with Gasteiger partial charge in [0.2, 0.25) is 0 Å². The molecule has 2 nitrogen and oxygen atoms in total. The van der Waals surface area contributed by atoms with Gasteiger partial charge in [-0.25, -0.2) is 0 Å². The molecule has 0 fully saturated rings. The van der Waals surface area contributed by atoms with Crippen LogP contribution in [-0.2, 0) is 0 Å². The van der Waals surface area contributed by atoms with E-state index in [1.807, 2.05) is 0 Å². The molecule has 1 unspecified atom stereocenters. The van der Waals surface area contributed by atoms with E-state index in [1.54, 1.807) is 0 Å². The van der Waals surface area contributed by atoms with Crippen LogP contribution in [0.1, 0.15) is 24.1 Å². The highest BCUT2D eigenvalue weighted by Gasteiger charge is 2.08. The monoisotopic (exact) mass is 190 g/mol. The molecule has 0 spiro atoms. The Labute approximate surface area is 85.2 Å². The van der Waals surface area contributed by atoms with Crippen LogP contribution in [0.3, 0.4) is 0 Å². The smallest absolute Gasteiger partial charge is 0.179 e. The van der Waals surface area contributed by atoms with Crippen LogP contribution in [-0.4, -0.2) is 11.8 Å². The van der Waals surface area contributed by atoms with E-state index in [0.717, 1.165) is 0 Å². The Kier molecular flexibility index (Phi) is 2.04. The second-order valence-electron chi connectivity index (χ2n) is 2.15. The van der Waals surface area contributed by atoms with Crippen LogP contribution in [0.15, 0.2) is 30.2 Å². The first kappa shape index (κ1) is 5.00. The van der Waals surface area contributed by atoms with Crippen LogP contribution in [0.5, 0.6) is 0 Å². The quantitative estimate of drug-likeness (QED) is 0.721. The van der Waals surface area contributed by atoms with Crippen LogP contribution < -0.4 is 5.73 Å². The van der Waals surface area contributed by atoms with E-state index in [2.05, 4.69) is 0 Å². The van der Waals surface area contributed by atoms with Gasteiger partial charge in [0.1, 0.15) is 0 Å². The third-order valence-electron chi connectivity index (χ3n) is 1.16. The van der Waals surface area contributed by atoms with Crippen molar-refractivity contribution >= 4 is 18.2 Å². The van der Waals surface area contributed by atoms with Crippen molar-refractivity contribution in [3.8, 4) is 0 Å². The Morgan fingerprint density at radius 3 is 2.42 bits per heavy atom. The molecule has 1 rings (SSSR count). The number of hydrogen-bond acceptors (Lipinski definition) is 2. The molecule has 0 saturated carbocycles. The van der Waals surface area contributed by atoms with E-state index >= 15 is 0 Å². The predicted molar refractivity (Wildman–Crippen MR) is 51.7 cm³/mol. The number of Topliss-reactive ketones (excluding diaryl/α,β-unsaturated/α-hetero) is 1. The van der Waals surface area contributed by atoms with Gasteiger partial charge in [-0.2, -0.15) is 0 Å². The predicted octanol–water partition coefficient (Wildman–Crippen LogP) is 1.64. The van der Waals surface area contributed by atoms with Crippen molar-refractivity contribution in [1.29, 1.82) is 0 Å². The minimum absolute atomic E-state index is 0. The number of carbonyl (C=O) groups is 1. The average Bonchev–Trinajstić information content (AvgIpc) is 2.23. The topological polar surface area (TPSA) is 43.1 Å². The van der Waals surface area contributed by atoms with Gasteiger partial charge in [-0.1, -0.05) is 30.2 Å². The zero-order valence-corrected chi connectivity index (χ0v) is 7.29. The van der Waals surface area contributed by atoms with Crippen molar-refractivity contribution in [1.82, 2.24) is 0 Å². The lowest BCUT2D eigenvalue weighted by Crippen LogP contribution is -2.26. The normalized spacial score (nSPS) is 17.3. The van der Waals surface area contributed by atoms with E-state index in [-0.39, 0.29) is 18.0 Å². The van der Waals surface area contributed by atoms with Crippen molar-refractivity contribution in [2.75, 3.05) is 0 Å². The third-order valence-corrected chi connectivity index (χ3v) is 1.16. The first-order valence-electron chi connectivity index (χ1n) is 5.65. The van der Waals surface area contributed by atoms with Gasteiger partial charge in [-0.3, -0.25) is 4.79 Å². The summed E-state index contributed by atoms with van der Waals surface area (Å²) < 4.78 is 37.1. The highest BCUT2D eigenvalue weighted by Crippen LogP contribution is 2.01. The summed E-state index contributed by atoms with van der Waals surface area (Å²) in [5, 5.41) is 0. The molecule has 0 amide bonds. The summed E-state index contributed by atoms with van der Waals surface area (Å²) in [4.78, 5) is 11.6. The highest BCUT2D eigenvalue weighted by atomic mass is 35.5. The Morgan fingerprint density at radius 2 is 2.00 bits per heavy atom. The van der Waals surface area contributed by atoms with E-state index in [1.165, 1.54) is 6.92 Å². The van der Waals surface area contributed by atoms with E-state index < -0.39 is 42.0 Å². The highest BCUT2D eigenvalue weighted by molar-refractivity contribution is 5.99. The van der Waals surface area contributed by atoms with Gasteiger partial charge in [0, 0.05) is 5.56 Å². The number of rotatable bonds is 2. The molecule has 0 aromatic heterocycles. The molecular weight excluding hydrogens is 174 g/mol. The lowest BCUT2D eigenvalue weighted by atomic mass is 10.1. The summed E-state index contributed by atoms with van der Waals surface area (Å²) in [6.07, 6.45) is 0. The van der Waals surface area contributed by atoms with Gasteiger partial charge in [0.15, 0.2) is 5.78 Å². The SMILES string of the molecule is Cl.[2H]c1c([2H])c([2H])c(C(=O)C(C)N)c([2H])c1[2H]. The van der Waals surface area contributed by atoms with E-state index in [4.69, 9.17) is 12.6 Å². The average molecular weight is 191 g/mol. The molecule has 0 aliphatic carbocycles. The van der Waals surface area contributed by atoms with Crippen molar-refractivity contribution in [3.63, 3.8) is 0 Å². The number of ketones is 1. The van der Waals surface area contributed by atoms with Gasteiger partial charge >= 0.3 is 0 Å². The molecule has 0 aliphatic rings. The Morgan fingerprint density at radius 1 is 1.50 bits per heavy atom. The van der Waals surface area contributed by atoms with Crippen LogP contribution in [0.25, 0.3) is 0 Å². The minimum atomic E-state index is -0.899. The Bertz CT molecular complexity index is 434. The van der Waals surface area contributed by atoms with Gasteiger partial charge in [0.25, 0.3) is 0 Å². The third kappa shape index (κ3) is 2.64. The molecule has 1 aromatic carbocycles. The number of halogens is 1. The summed E-state index contributed by atoms with van der Waals surface area (Å²) in [5.74, 6) is -0.656. The van der Waals surface area contributed by atoms with Crippen LogP contribution >= 0.6 is 12.4 Å². The summed E-state index contributed by atoms with van der Waals surface area (Å²) in [6.45, 7) is 1.41. The molecule has 0 aliphatic heterocycles. The number of nitrogens with two attached hydrogens (primary N) is 1. The number of hydrogen-bond donors (Lipinski definition) is 1. The second-order valence-corrected chi connectivity index (χ2v) is 2.15. The van der Waals surface area contributed by atoms with Crippen LogP contribution in [0, 0.1) is 0 Å². The fraction of sp³-hybridized carbons (Fsp3) is 0.222. The molecule has 12 heavy (non-hydrogen) atoms. The fourth-order valence-corrected chi connectivity index (χ4v) is 0.601. The molecule has 0 heterocycles. The first-order valence-corrected chi connectivity index (χ1v) is 3.15. The molecule has 2 N–H and O–H groups in total. The Balaban J connectivity index is 0.00000256. The maximum absolute atomic E-state index is 11.6. The largest absolute Gasteiger partial charge is 0.321 e. The molecule has 3 heteroatoms. The summed E-state index contributed by atoms with van der Waals surface area (Å²) in [7, 11) is 0. The molecule has 0 radical (unpaired) electrons. The van der Waals surface area contributed by atoms with Gasteiger partial charge in [-0.05, 0) is 6.92 Å². The molecule has 0 bridgehead atoms. The molecule has 1 aromatic rings. The minimum Gasteiger partial charge on any atom is -0.321 e.